The van der Waals surface area contributed by atoms with Crippen molar-refractivity contribution in [1.29, 1.82) is 0 Å². The molecule has 0 aromatic heterocycles. The fourth-order valence-corrected chi connectivity index (χ4v) is 4.22. The van der Waals surface area contributed by atoms with Crippen molar-refractivity contribution < 1.29 is 22.3 Å². The highest BCUT2D eigenvalue weighted by molar-refractivity contribution is 7.91. The van der Waals surface area contributed by atoms with Crippen molar-refractivity contribution in [2.75, 3.05) is 24.7 Å². The van der Waals surface area contributed by atoms with E-state index in [2.05, 4.69) is 5.32 Å². The van der Waals surface area contributed by atoms with E-state index < -0.39 is 9.84 Å². The lowest BCUT2D eigenvalue weighted by molar-refractivity contribution is -0.121. The van der Waals surface area contributed by atoms with Crippen LogP contribution in [0, 0.1) is 11.7 Å². The van der Waals surface area contributed by atoms with Crippen molar-refractivity contribution in [3.63, 3.8) is 0 Å². The van der Waals surface area contributed by atoms with Gasteiger partial charge in [0, 0.05) is 19.0 Å². The van der Waals surface area contributed by atoms with Gasteiger partial charge in [-0.3, -0.25) is 4.79 Å². The Balaban J connectivity index is 1.58. The number of rotatable bonds is 7. The van der Waals surface area contributed by atoms with E-state index in [4.69, 9.17) is 4.74 Å². The number of hydrogen-bond donors (Lipinski definition) is 1. The third-order valence-corrected chi connectivity index (χ3v) is 5.36. The Morgan fingerprint density at radius 1 is 1.41 bits per heavy atom. The number of benzene rings is 1. The van der Waals surface area contributed by atoms with Crippen LogP contribution in [0.25, 0.3) is 0 Å². The van der Waals surface area contributed by atoms with Crippen molar-refractivity contribution in [1.82, 2.24) is 5.32 Å². The van der Waals surface area contributed by atoms with Gasteiger partial charge >= 0.3 is 0 Å². The number of amides is 1. The molecule has 0 aliphatic carbocycles. The molecule has 5 nitrogen and oxygen atoms in total. The van der Waals surface area contributed by atoms with Crippen LogP contribution in [0.5, 0.6) is 5.75 Å². The predicted octanol–water partition coefficient (Wildman–Crippen LogP) is 1.54. The third-order valence-electron chi connectivity index (χ3n) is 3.53. The second kappa shape index (κ2) is 7.58. The molecular formula is C15H20FNO4S. The maximum absolute atomic E-state index is 12.9. The summed E-state index contributed by atoms with van der Waals surface area (Å²) in [5, 5.41) is 2.75. The molecule has 1 N–H and O–H groups in total. The highest BCUT2D eigenvalue weighted by atomic mass is 32.2. The van der Waals surface area contributed by atoms with Crippen LogP contribution in [0.15, 0.2) is 24.3 Å². The molecule has 2 rings (SSSR count). The van der Waals surface area contributed by atoms with E-state index in [0.717, 1.165) is 0 Å². The molecule has 1 saturated heterocycles. The number of ether oxygens (including phenoxy) is 1. The number of hydrogen-bond acceptors (Lipinski definition) is 4. The van der Waals surface area contributed by atoms with E-state index in [0.29, 0.717) is 38.2 Å². The van der Waals surface area contributed by atoms with Crippen molar-refractivity contribution in [2.45, 2.75) is 19.3 Å². The summed E-state index contributed by atoms with van der Waals surface area (Å²) in [5.41, 5.74) is 0. The Labute approximate surface area is 129 Å². The van der Waals surface area contributed by atoms with Gasteiger partial charge < -0.3 is 10.1 Å². The van der Waals surface area contributed by atoms with Crippen molar-refractivity contribution in [2.24, 2.45) is 5.92 Å². The summed E-state index contributed by atoms with van der Waals surface area (Å²) < 4.78 is 40.9. The zero-order valence-electron chi connectivity index (χ0n) is 12.3. The molecule has 7 heteroatoms. The van der Waals surface area contributed by atoms with Crippen molar-refractivity contribution in [3.05, 3.63) is 30.1 Å². The Bertz CT molecular complexity index is 618. The summed E-state index contributed by atoms with van der Waals surface area (Å²) in [6, 6.07) is 5.85. The van der Waals surface area contributed by atoms with Crippen LogP contribution in [-0.2, 0) is 14.6 Å². The van der Waals surface area contributed by atoms with E-state index >= 15 is 0 Å². The van der Waals surface area contributed by atoms with Crippen LogP contribution >= 0.6 is 0 Å². The summed E-state index contributed by atoms with van der Waals surface area (Å²) in [4.78, 5) is 11.7. The first kappa shape index (κ1) is 16.7. The van der Waals surface area contributed by atoms with Crippen LogP contribution in [0.4, 0.5) is 4.39 Å². The minimum Gasteiger partial charge on any atom is -0.493 e. The molecule has 1 heterocycles. The first-order chi connectivity index (χ1) is 10.4. The first-order valence-corrected chi connectivity index (χ1v) is 9.12. The molecule has 0 spiro atoms. The third kappa shape index (κ3) is 5.63. The monoisotopic (exact) mass is 329 g/mol. The van der Waals surface area contributed by atoms with Gasteiger partial charge in [0.2, 0.25) is 5.91 Å². The number of halogens is 1. The number of carbonyl (C=O) groups is 1. The van der Waals surface area contributed by atoms with Gasteiger partial charge in [0.1, 0.15) is 11.6 Å². The van der Waals surface area contributed by atoms with Gasteiger partial charge in [0.25, 0.3) is 0 Å². The molecule has 1 fully saturated rings. The van der Waals surface area contributed by atoms with Gasteiger partial charge in [-0.25, -0.2) is 12.8 Å². The standard InChI is InChI=1S/C15H20FNO4S/c16-13-3-1-4-14(9-13)21-7-2-5-15(18)17-10-12-6-8-22(19,20)11-12/h1,3-4,9,12H,2,5-8,10-11H2,(H,17,18). The lowest BCUT2D eigenvalue weighted by Gasteiger charge is -2.10. The predicted molar refractivity (Wildman–Crippen MR) is 80.9 cm³/mol. The molecule has 0 saturated carbocycles. The minimum atomic E-state index is -2.90. The van der Waals surface area contributed by atoms with E-state index in [1.165, 1.54) is 12.1 Å². The maximum Gasteiger partial charge on any atom is 0.220 e. The van der Waals surface area contributed by atoms with Crippen molar-refractivity contribution >= 4 is 15.7 Å². The Kier molecular flexibility index (Phi) is 5.76. The summed E-state index contributed by atoms with van der Waals surface area (Å²) in [6.45, 7) is 0.734. The average molecular weight is 329 g/mol. The molecular weight excluding hydrogens is 309 g/mol. The molecule has 1 aliphatic rings. The molecule has 0 bridgehead atoms. The Morgan fingerprint density at radius 3 is 2.91 bits per heavy atom. The Hall–Kier alpha value is -1.63. The van der Waals surface area contributed by atoms with Crippen LogP contribution in [0.2, 0.25) is 0 Å². The second-order valence-corrected chi connectivity index (χ2v) is 7.71. The highest BCUT2D eigenvalue weighted by Crippen LogP contribution is 2.17. The van der Waals surface area contributed by atoms with Crippen LogP contribution in [0.1, 0.15) is 19.3 Å². The molecule has 1 aromatic carbocycles. The van der Waals surface area contributed by atoms with Gasteiger partial charge in [0.05, 0.1) is 18.1 Å². The van der Waals surface area contributed by atoms with Crippen LogP contribution in [-0.4, -0.2) is 39.0 Å². The highest BCUT2D eigenvalue weighted by Gasteiger charge is 2.27. The first-order valence-electron chi connectivity index (χ1n) is 7.30. The molecule has 1 aromatic rings. The van der Waals surface area contributed by atoms with Gasteiger partial charge in [0.15, 0.2) is 9.84 Å². The number of carbonyl (C=O) groups excluding carboxylic acids is 1. The molecule has 122 valence electrons. The van der Waals surface area contributed by atoms with E-state index in [1.807, 2.05) is 0 Å². The van der Waals surface area contributed by atoms with Crippen LogP contribution in [0.3, 0.4) is 0 Å². The molecule has 1 amide bonds. The lowest BCUT2D eigenvalue weighted by atomic mass is 10.1. The number of sulfone groups is 1. The Morgan fingerprint density at radius 2 is 2.23 bits per heavy atom. The zero-order valence-corrected chi connectivity index (χ0v) is 13.1. The smallest absolute Gasteiger partial charge is 0.220 e. The van der Waals surface area contributed by atoms with Gasteiger partial charge in [-0.05, 0) is 30.9 Å². The summed E-state index contributed by atoms with van der Waals surface area (Å²) in [7, 11) is -2.90. The topological polar surface area (TPSA) is 72.5 Å². The van der Waals surface area contributed by atoms with Gasteiger partial charge in [-0.2, -0.15) is 0 Å². The minimum absolute atomic E-state index is 0.0255. The van der Waals surface area contributed by atoms with Crippen LogP contribution < -0.4 is 10.1 Å². The fourth-order valence-electron chi connectivity index (χ4n) is 2.36. The SMILES string of the molecule is O=C(CCCOc1cccc(F)c1)NCC1CCS(=O)(=O)C1. The lowest BCUT2D eigenvalue weighted by Crippen LogP contribution is -2.29. The zero-order chi connectivity index (χ0) is 16.0. The molecule has 1 aliphatic heterocycles. The fraction of sp³-hybridized carbons (Fsp3) is 0.533. The van der Waals surface area contributed by atoms with Gasteiger partial charge in [-0.15, -0.1) is 0 Å². The van der Waals surface area contributed by atoms with E-state index in [-0.39, 0.29) is 29.1 Å². The van der Waals surface area contributed by atoms with Gasteiger partial charge in [-0.1, -0.05) is 6.07 Å². The summed E-state index contributed by atoms with van der Waals surface area (Å²) >= 11 is 0. The average Bonchev–Trinajstić information content (AvgIpc) is 2.81. The second-order valence-electron chi connectivity index (χ2n) is 5.48. The quantitative estimate of drug-likeness (QED) is 0.770. The molecule has 22 heavy (non-hydrogen) atoms. The maximum atomic E-state index is 12.9. The summed E-state index contributed by atoms with van der Waals surface area (Å²) in [6.07, 6.45) is 1.44. The number of nitrogens with one attached hydrogen (secondary N) is 1. The van der Waals surface area contributed by atoms with Crippen molar-refractivity contribution in [3.8, 4) is 5.75 Å². The summed E-state index contributed by atoms with van der Waals surface area (Å²) in [5.74, 6) is 0.369. The molecule has 1 unspecified atom stereocenters. The normalized spacial score (nSPS) is 19.8. The molecule has 0 radical (unpaired) electrons. The van der Waals surface area contributed by atoms with E-state index in [1.54, 1.807) is 12.1 Å². The largest absolute Gasteiger partial charge is 0.493 e. The molecule has 1 atom stereocenters. The van der Waals surface area contributed by atoms with E-state index in [9.17, 15) is 17.6 Å².